The summed E-state index contributed by atoms with van der Waals surface area (Å²) in [5, 5.41) is 23.1. The Morgan fingerprint density at radius 1 is 1.25 bits per heavy atom. The first kappa shape index (κ1) is 23.7. The summed E-state index contributed by atoms with van der Waals surface area (Å²) in [5.41, 5.74) is 4.14. The number of carbonyl (C=O) groups is 2. The Labute approximate surface area is 190 Å². The molecule has 9 heteroatoms. The molecule has 0 bridgehead atoms. The molecule has 2 atom stereocenters. The molecule has 0 unspecified atom stereocenters. The molecule has 0 spiro atoms. The van der Waals surface area contributed by atoms with Gasteiger partial charge in [-0.1, -0.05) is 28.5 Å². The SMILES string of the molecule is Cc1ccc2nc(SCC(=O)N3C[C@@H](Cc4cc(C)no4)[C@@H](O)C3)cc(C)c2c1.O=CO. The van der Waals surface area contributed by atoms with Crippen LogP contribution in [0.2, 0.25) is 0 Å². The summed E-state index contributed by atoms with van der Waals surface area (Å²) in [6, 6.07) is 10.1. The number of aliphatic hydroxyl groups is 1. The van der Waals surface area contributed by atoms with Crippen LogP contribution in [0, 0.1) is 26.7 Å². The molecule has 32 heavy (non-hydrogen) atoms. The number of aromatic nitrogens is 2. The number of aliphatic hydroxyl groups excluding tert-OH is 1. The van der Waals surface area contributed by atoms with Crippen LogP contribution in [0.3, 0.4) is 0 Å². The van der Waals surface area contributed by atoms with E-state index in [0.29, 0.717) is 25.3 Å². The van der Waals surface area contributed by atoms with Gasteiger partial charge in [0.05, 0.1) is 28.1 Å². The van der Waals surface area contributed by atoms with Gasteiger partial charge < -0.3 is 19.6 Å². The van der Waals surface area contributed by atoms with Gasteiger partial charge in [-0.2, -0.15) is 0 Å². The van der Waals surface area contributed by atoms with Crippen molar-refractivity contribution in [1.82, 2.24) is 15.0 Å². The maximum atomic E-state index is 12.7. The van der Waals surface area contributed by atoms with Gasteiger partial charge in [0, 0.05) is 36.9 Å². The van der Waals surface area contributed by atoms with Gasteiger partial charge in [-0.15, -0.1) is 0 Å². The predicted molar refractivity (Wildman–Crippen MR) is 122 cm³/mol. The molecule has 0 radical (unpaired) electrons. The van der Waals surface area contributed by atoms with Gasteiger partial charge in [0.25, 0.3) is 6.47 Å². The van der Waals surface area contributed by atoms with Crippen LogP contribution in [0.15, 0.2) is 39.9 Å². The van der Waals surface area contributed by atoms with E-state index in [1.807, 2.05) is 25.1 Å². The van der Waals surface area contributed by atoms with Crippen molar-refractivity contribution in [1.29, 1.82) is 0 Å². The Kier molecular flexibility index (Phi) is 7.87. The third-order valence-electron chi connectivity index (χ3n) is 5.39. The third-order valence-corrected chi connectivity index (χ3v) is 6.29. The number of benzene rings is 1. The number of β-amino-alcohol motifs (C(OH)–C–C–N with tert-alkyl or cyclic N) is 1. The molecule has 2 aromatic heterocycles. The Morgan fingerprint density at radius 2 is 2.00 bits per heavy atom. The van der Waals surface area contributed by atoms with Gasteiger partial charge in [-0.25, -0.2) is 4.98 Å². The number of thioether (sulfide) groups is 1. The molecule has 1 fully saturated rings. The van der Waals surface area contributed by atoms with Crippen LogP contribution in [0.1, 0.15) is 22.6 Å². The number of nitrogens with zero attached hydrogens (tertiary/aromatic N) is 3. The van der Waals surface area contributed by atoms with E-state index in [4.69, 9.17) is 14.4 Å². The average Bonchev–Trinajstić information content (AvgIpc) is 3.33. The summed E-state index contributed by atoms with van der Waals surface area (Å²) in [6.45, 7) is 6.66. The number of aryl methyl sites for hydroxylation is 3. The molecule has 1 aliphatic heterocycles. The van der Waals surface area contributed by atoms with Crippen molar-refractivity contribution in [2.45, 2.75) is 38.3 Å². The minimum Gasteiger partial charge on any atom is -0.483 e. The van der Waals surface area contributed by atoms with E-state index in [1.54, 1.807) is 4.90 Å². The zero-order valence-corrected chi connectivity index (χ0v) is 19.1. The van der Waals surface area contributed by atoms with Gasteiger partial charge in [-0.05, 0) is 44.5 Å². The quantitative estimate of drug-likeness (QED) is 0.444. The van der Waals surface area contributed by atoms with E-state index < -0.39 is 6.10 Å². The van der Waals surface area contributed by atoms with E-state index >= 15 is 0 Å². The molecule has 1 saturated heterocycles. The number of hydrogen-bond acceptors (Lipinski definition) is 7. The summed E-state index contributed by atoms with van der Waals surface area (Å²) < 4.78 is 5.25. The Balaban J connectivity index is 0.000000913. The lowest BCUT2D eigenvalue weighted by Gasteiger charge is -2.15. The topological polar surface area (TPSA) is 117 Å². The van der Waals surface area contributed by atoms with Gasteiger partial charge in [-0.3, -0.25) is 9.59 Å². The molecule has 2 N–H and O–H groups in total. The van der Waals surface area contributed by atoms with Gasteiger partial charge in [0.1, 0.15) is 5.76 Å². The highest BCUT2D eigenvalue weighted by molar-refractivity contribution is 7.99. The summed E-state index contributed by atoms with van der Waals surface area (Å²) >= 11 is 1.45. The largest absolute Gasteiger partial charge is 0.483 e. The minimum absolute atomic E-state index is 0.0220. The molecule has 0 saturated carbocycles. The van der Waals surface area contributed by atoms with Gasteiger partial charge in [0.2, 0.25) is 5.91 Å². The zero-order valence-electron chi connectivity index (χ0n) is 18.3. The van der Waals surface area contributed by atoms with Gasteiger partial charge >= 0.3 is 0 Å². The van der Waals surface area contributed by atoms with Crippen LogP contribution < -0.4 is 0 Å². The molecule has 170 valence electrons. The zero-order chi connectivity index (χ0) is 23.3. The minimum atomic E-state index is -0.543. The Morgan fingerprint density at radius 3 is 2.69 bits per heavy atom. The number of carbonyl (C=O) groups excluding carboxylic acids is 1. The smallest absolute Gasteiger partial charge is 0.290 e. The van der Waals surface area contributed by atoms with Crippen LogP contribution in [-0.2, 0) is 16.0 Å². The number of pyridine rings is 1. The second-order valence-corrected chi connectivity index (χ2v) is 8.95. The summed E-state index contributed by atoms with van der Waals surface area (Å²) in [4.78, 5) is 27.5. The van der Waals surface area contributed by atoms with Crippen LogP contribution in [-0.4, -0.2) is 62.6 Å². The lowest BCUT2D eigenvalue weighted by Crippen LogP contribution is -2.31. The fourth-order valence-electron chi connectivity index (χ4n) is 3.81. The highest BCUT2D eigenvalue weighted by Gasteiger charge is 2.34. The van der Waals surface area contributed by atoms with E-state index in [2.05, 4.69) is 36.1 Å². The van der Waals surface area contributed by atoms with Crippen molar-refractivity contribution in [2.24, 2.45) is 5.92 Å². The van der Waals surface area contributed by atoms with Crippen LogP contribution in [0.5, 0.6) is 0 Å². The van der Waals surface area contributed by atoms with Crippen molar-refractivity contribution in [3.63, 3.8) is 0 Å². The van der Waals surface area contributed by atoms with Crippen LogP contribution in [0.4, 0.5) is 0 Å². The molecule has 0 aliphatic carbocycles. The number of hydrogen-bond donors (Lipinski definition) is 2. The Hall–Kier alpha value is -2.91. The van der Waals surface area contributed by atoms with Crippen LogP contribution in [0.25, 0.3) is 10.9 Å². The van der Waals surface area contributed by atoms with E-state index in [9.17, 15) is 9.90 Å². The van der Waals surface area contributed by atoms with E-state index in [0.717, 1.165) is 32.9 Å². The van der Waals surface area contributed by atoms with Crippen LogP contribution >= 0.6 is 11.8 Å². The number of fused-ring (bicyclic) bond motifs is 1. The average molecular weight is 458 g/mol. The van der Waals surface area contributed by atoms with Crippen molar-refractivity contribution < 1.29 is 24.3 Å². The van der Waals surface area contributed by atoms with E-state index in [-0.39, 0.29) is 18.3 Å². The highest BCUT2D eigenvalue weighted by atomic mass is 32.2. The van der Waals surface area contributed by atoms with E-state index in [1.165, 1.54) is 17.3 Å². The number of carboxylic acid groups (broad SMARTS) is 1. The monoisotopic (exact) mass is 457 g/mol. The number of rotatable bonds is 5. The molecule has 3 heterocycles. The molecule has 4 rings (SSSR count). The summed E-state index contributed by atoms with van der Waals surface area (Å²) in [6.07, 6.45) is 0.0441. The van der Waals surface area contributed by atoms with Crippen molar-refractivity contribution in [2.75, 3.05) is 18.8 Å². The normalized spacial score (nSPS) is 17.8. The summed E-state index contributed by atoms with van der Waals surface area (Å²) in [5.74, 6) is 1.06. The maximum absolute atomic E-state index is 12.7. The predicted octanol–water partition coefficient (Wildman–Crippen LogP) is 3.00. The third kappa shape index (κ3) is 5.86. The highest BCUT2D eigenvalue weighted by Crippen LogP contribution is 2.26. The molecule has 3 aromatic rings. The summed E-state index contributed by atoms with van der Waals surface area (Å²) in [7, 11) is 0. The first-order chi connectivity index (χ1) is 15.3. The Bertz CT molecular complexity index is 1100. The second kappa shape index (κ2) is 10.6. The maximum Gasteiger partial charge on any atom is 0.290 e. The molecule has 8 nitrogen and oxygen atoms in total. The number of likely N-dealkylation sites (tertiary alicyclic amines) is 1. The molecule has 1 aliphatic rings. The van der Waals surface area contributed by atoms with Crippen molar-refractivity contribution >= 4 is 35.0 Å². The first-order valence-corrected chi connectivity index (χ1v) is 11.3. The molecular formula is C23H27N3O5S. The fraction of sp³-hybridized carbons (Fsp3) is 0.391. The van der Waals surface area contributed by atoms with Crippen molar-refractivity contribution in [3.8, 4) is 0 Å². The molecular weight excluding hydrogens is 430 g/mol. The molecule has 1 amide bonds. The first-order valence-electron chi connectivity index (χ1n) is 10.3. The lowest BCUT2D eigenvalue weighted by molar-refractivity contribution is -0.127. The standard InChI is InChI=1S/C22H25N3O3S.CH2O2/c1-13-4-5-19-18(6-13)14(2)7-21(23-19)29-12-22(27)25-10-16(20(26)11-25)9-17-8-15(3)24-28-17;2-1-3/h4-8,16,20,26H,9-12H2,1-3H3;1H,(H,2,3)/t16-,20+;/m1./s1. The second-order valence-electron chi connectivity index (χ2n) is 7.96. The fourth-order valence-corrected chi connectivity index (χ4v) is 4.68. The van der Waals surface area contributed by atoms with Gasteiger partial charge in [0.15, 0.2) is 0 Å². The lowest BCUT2D eigenvalue weighted by atomic mass is 10.0. The molecule has 1 aromatic carbocycles. The van der Waals surface area contributed by atoms with Crippen molar-refractivity contribution in [3.05, 3.63) is 52.9 Å². The number of amides is 1.